The fourth-order valence-corrected chi connectivity index (χ4v) is 2.91. The van der Waals surface area contributed by atoms with E-state index in [9.17, 15) is 9.36 Å². The number of hydrogen-bond donors (Lipinski definition) is 2. The normalized spacial score (nSPS) is 12.5. The van der Waals surface area contributed by atoms with Crippen LogP contribution in [0, 0.1) is 0 Å². The van der Waals surface area contributed by atoms with Crippen LogP contribution in [0.2, 0.25) is 0 Å². The van der Waals surface area contributed by atoms with Crippen molar-refractivity contribution in [2.75, 3.05) is 13.2 Å². The maximum absolute atomic E-state index is 12.5. The lowest BCUT2D eigenvalue weighted by molar-refractivity contribution is -0.131. The Bertz CT molecular complexity index is 280. The molecular formula is C10H22NO5P. The SMILES string of the molecule is CCCOP(=O)(OCCC)C(C)(C)C(=O)NO. The zero-order valence-corrected chi connectivity index (χ0v) is 11.8. The highest BCUT2D eigenvalue weighted by molar-refractivity contribution is 7.56. The van der Waals surface area contributed by atoms with Crippen molar-refractivity contribution in [1.29, 1.82) is 0 Å². The van der Waals surface area contributed by atoms with Crippen LogP contribution in [-0.4, -0.2) is 29.5 Å². The number of nitrogens with one attached hydrogen (secondary N) is 1. The molecule has 0 saturated carbocycles. The molecule has 0 aliphatic carbocycles. The van der Waals surface area contributed by atoms with Gasteiger partial charge in [0.2, 0.25) is 0 Å². The minimum atomic E-state index is -3.60. The van der Waals surface area contributed by atoms with Crippen LogP contribution in [0.25, 0.3) is 0 Å². The zero-order chi connectivity index (χ0) is 13.5. The molecule has 0 spiro atoms. The van der Waals surface area contributed by atoms with E-state index in [2.05, 4.69) is 0 Å². The van der Waals surface area contributed by atoms with Crippen LogP contribution < -0.4 is 5.48 Å². The molecule has 0 atom stereocenters. The minimum Gasteiger partial charge on any atom is -0.308 e. The molecule has 0 radical (unpaired) electrons. The molecule has 0 aromatic carbocycles. The molecule has 102 valence electrons. The van der Waals surface area contributed by atoms with Gasteiger partial charge >= 0.3 is 7.60 Å². The molecule has 1 amide bonds. The largest absolute Gasteiger partial charge is 0.345 e. The van der Waals surface area contributed by atoms with Crippen molar-refractivity contribution in [3.63, 3.8) is 0 Å². The Labute approximate surface area is 102 Å². The summed E-state index contributed by atoms with van der Waals surface area (Å²) in [5.41, 5.74) is 1.49. The molecule has 0 aromatic heterocycles. The summed E-state index contributed by atoms with van der Waals surface area (Å²) in [4.78, 5) is 11.5. The van der Waals surface area contributed by atoms with Gasteiger partial charge in [0.05, 0.1) is 13.2 Å². The number of carbonyl (C=O) groups is 1. The van der Waals surface area contributed by atoms with Gasteiger partial charge in [-0.15, -0.1) is 0 Å². The van der Waals surface area contributed by atoms with Gasteiger partial charge in [0, 0.05) is 0 Å². The highest BCUT2D eigenvalue weighted by atomic mass is 31.2. The van der Waals surface area contributed by atoms with E-state index >= 15 is 0 Å². The van der Waals surface area contributed by atoms with E-state index in [1.54, 1.807) is 0 Å². The second-order valence-corrected chi connectivity index (χ2v) is 6.79. The van der Waals surface area contributed by atoms with Crippen molar-refractivity contribution < 1.29 is 23.6 Å². The third-order valence-electron chi connectivity index (χ3n) is 2.27. The molecule has 17 heavy (non-hydrogen) atoms. The van der Waals surface area contributed by atoms with Crippen LogP contribution in [0.5, 0.6) is 0 Å². The Morgan fingerprint density at radius 1 is 1.24 bits per heavy atom. The van der Waals surface area contributed by atoms with E-state index in [1.807, 2.05) is 13.8 Å². The van der Waals surface area contributed by atoms with Crippen molar-refractivity contribution in [1.82, 2.24) is 5.48 Å². The lowest BCUT2D eigenvalue weighted by Crippen LogP contribution is -2.41. The van der Waals surface area contributed by atoms with Crippen molar-refractivity contribution >= 4 is 13.5 Å². The van der Waals surface area contributed by atoms with Crippen LogP contribution in [0.3, 0.4) is 0 Å². The van der Waals surface area contributed by atoms with Gasteiger partial charge in [-0.25, -0.2) is 5.48 Å². The molecular weight excluding hydrogens is 245 g/mol. The zero-order valence-electron chi connectivity index (χ0n) is 10.9. The highest BCUT2D eigenvalue weighted by Crippen LogP contribution is 2.60. The first kappa shape index (κ1) is 16.6. The summed E-state index contributed by atoms with van der Waals surface area (Å²) in [7, 11) is -3.60. The number of hydrogen-bond acceptors (Lipinski definition) is 5. The van der Waals surface area contributed by atoms with E-state index in [4.69, 9.17) is 14.3 Å². The molecule has 0 aliphatic rings. The van der Waals surface area contributed by atoms with Gasteiger partial charge in [0.1, 0.15) is 5.16 Å². The Kier molecular flexibility index (Phi) is 6.94. The average molecular weight is 267 g/mol. The smallest absolute Gasteiger partial charge is 0.308 e. The quantitative estimate of drug-likeness (QED) is 0.400. The molecule has 7 heteroatoms. The third-order valence-corrected chi connectivity index (χ3v) is 4.89. The summed E-state index contributed by atoms with van der Waals surface area (Å²) in [5.74, 6) is -0.784. The fraction of sp³-hybridized carbons (Fsp3) is 0.900. The van der Waals surface area contributed by atoms with Crippen LogP contribution in [-0.2, 0) is 18.4 Å². The molecule has 0 rings (SSSR count). The maximum Gasteiger partial charge on any atom is 0.345 e. The maximum atomic E-state index is 12.5. The monoisotopic (exact) mass is 267 g/mol. The van der Waals surface area contributed by atoms with Crippen molar-refractivity contribution in [2.45, 2.75) is 45.7 Å². The Balaban J connectivity index is 5.00. The molecule has 0 fully saturated rings. The number of hydroxylamine groups is 1. The summed E-state index contributed by atoms with van der Waals surface area (Å²) in [6.07, 6.45) is 1.33. The number of carbonyl (C=O) groups excluding carboxylic acids is 1. The molecule has 0 aromatic rings. The number of amides is 1. The standard InChI is InChI=1S/C10H22NO5P/c1-5-7-15-17(14,16-8-6-2)10(3,4)9(12)11-13/h13H,5-8H2,1-4H3,(H,11,12). The summed E-state index contributed by atoms with van der Waals surface area (Å²) >= 11 is 0. The molecule has 0 unspecified atom stereocenters. The summed E-state index contributed by atoms with van der Waals surface area (Å²) in [5, 5.41) is 7.23. The molecule has 0 aliphatic heterocycles. The summed E-state index contributed by atoms with van der Waals surface area (Å²) < 4.78 is 23.0. The van der Waals surface area contributed by atoms with Crippen LogP contribution in [0.1, 0.15) is 40.5 Å². The summed E-state index contributed by atoms with van der Waals surface area (Å²) in [6, 6.07) is 0. The molecule has 0 bridgehead atoms. The fourth-order valence-electron chi connectivity index (χ4n) is 1.04. The van der Waals surface area contributed by atoms with Crippen molar-refractivity contribution in [3.8, 4) is 0 Å². The Hall–Kier alpha value is -0.420. The van der Waals surface area contributed by atoms with Crippen LogP contribution >= 0.6 is 7.60 Å². The lowest BCUT2D eigenvalue weighted by Gasteiger charge is -2.30. The van der Waals surface area contributed by atoms with Gasteiger partial charge in [0.15, 0.2) is 0 Å². The Morgan fingerprint density at radius 2 is 1.65 bits per heavy atom. The number of rotatable bonds is 8. The van der Waals surface area contributed by atoms with E-state index in [1.165, 1.54) is 19.3 Å². The molecule has 2 N–H and O–H groups in total. The van der Waals surface area contributed by atoms with Crippen molar-refractivity contribution in [2.24, 2.45) is 0 Å². The van der Waals surface area contributed by atoms with E-state index in [-0.39, 0.29) is 13.2 Å². The Morgan fingerprint density at radius 3 is 1.94 bits per heavy atom. The third kappa shape index (κ3) is 4.07. The summed E-state index contributed by atoms with van der Waals surface area (Å²) in [6.45, 7) is 7.05. The topological polar surface area (TPSA) is 84.9 Å². The van der Waals surface area contributed by atoms with Gasteiger partial charge in [0.25, 0.3) is 5.91 Å². The lowest BCUT2D eigenvalue weighted by atomic mass is 10.2. The van der Waals surface area contributed by atoms with Gasteiger partial charge in [-0.3, -0.25) is 14.6 Å². The van der Waals surface area contributed by atoms with Crippen LogP contribution in [0.15, 0.2) is 0 Å². The molecule has 0 saturated heterocycles. The molecule has 6 nitrogen and oxygen atoms in total. The predicted octanol–water partition coefficient (Wildman–Crippen LogP) is 2.32. The van der Waals surface area contributed by atoms with E-state index in [0.29, 0.717) is 12.8 Å². The van der Waals surface area contributed by atoms with Crippen molar-refractivity contribution in [3.05, 3.63) is 0 Å². The van der Waals surface area contributed by atoms with Gasteiger partial charge in [-0.1, -0.05) is 13.8 Å². The second-order valence-electron chi connectivity index (χ2n) is 4.16. The first-order chi connectivity index (χ1) is 7.85. The van der Waals surface area contributed by atoms with Crippen LogP contribution in [0.4, 0.5) is 0 Å². The first-order valence-corrected chi connectivity index (χ1v) is 7.23. The van der Waals surface area contributed by atoms with Gasteiger partial charge in [-0.2, -0.15) is 0 Å². The van der Waals surface area contributed by atoms with Gasteiger partial charge < -0.3 is 9.05 Å². The minimum absolute atomic E-state index is 0.239. The average Bonchev–Trinajstić information content (AvgIpc) is 2.32. The predicted molar refractivity (Wildman–Crippen MR) is 64.1 cm³/mol. The van der Waals surface area contributed by atoms with Gasteiger partial charge in [-0.05, 0) is 26.7 Å². The second kappa shape index (κ2) is 7.11. The first-order valence-electron chi connectivity index (χ1n) is 5.69. The van der Waals surface area contributed by atoms with E-state index < -0.39 is 18.7 Å². The molecule has 0 heterocycles. The van der Waals surface area contributed by atoms with E-state index in [0.717, 1.165) is 0 Å². The highest BCUT2D eigenvalue weighted by Gasteiger charge is 2.49.